The molecule has 0 aliphatic rings. The highest BCUT2D eigenvalue weighted by atomic mass is 79.9. The summed E-state index contributed by atoms with van der Waals surface area (Å²) in [4.78, 5) is 4.09. The minimum absolute atomic E-state index is 0.0242. The molecule has 1 aromatic carbocycles. The molecule has 0 aromatic heterocycles. The highest BCUT2D eigenvalue weighted by molar-refractivity contribution is 9.10. The SMILES string of the molecule is CCCCN=C(NN)Nc1cc(F)c(Br)cc1F. The first-order valence-corrected chi connectivity index (χ1v) is 6.30. The highest BCUT2D eigenvalue weighted by Crippen LogP contribution is 2.23. The van der Waals surface area contributed by atoms with Crippen molar-refractivity contribution in [1.82, 2.24) is 5.43 Å². The molecule has 0 aliphatic carbocycles. The lowest BCUT2D eigenvalue weighted by Crippen LogP contribution is -2.36. The normalized spacial score (nSPS) is 11.5. The third kappa shape index (κ3) is 4.23. The van der Waals surface area contributed by atoms with Gasteiger partial charge in [-0.3, -0.25) is 10.4 Å². The van der Waals surface area contributed by atoms with Gasteiger partial charge in [0.25, 0.3) is 0 Å². The third-order valence-electron chi connectivity index (χ3n) is 2.18. The smallest absolute Gasteiger partial charge is 0.210 e. The van der Waals surface area contributed by atoms with Crippen LogP contribution in [0.25, 0.3) is 0 Å². The zero-order valence-corrected chi connectivity index (χ0v) is 11.5. The molecule has 0 radical (unpaired) electrons. The van der Waals surface area contributed by atoms with Crippen molar-refractivity contribution in [3.05, 3.63) is 28.2 Å². The number of unbranched alkanes of at least 4 members (excludes halogenated alkanes) is 1. The van der Waals surface area contributed by atoms with Gasteiger partial charge < -0.3 is 5.32 Å². The molecule has 0 fully saturated rings. The summed E-state index contributed by atoms with van der Waals surface area (Å²) in [6.45, 7) is 2.59. The van der Waals surface area contributed by atoms with Crippen LogP contribution >= 0.6 is 15.9 Å². The Morgan fingerprint density at radius 2 is 2.11 bits per heavy atom. The molecule has 0 atom stereocenters. The summed E-state index contributed by atoms with van der Waals surface area (Å²) in [6, 6.07) is 2.07. The molecule has 7 heteroatoms. The minimum atomic E-state index is -0.596. The number of guanidine groups is 1. The summed E-state index contributed by atoms with van der Waals surface area (Å²) in [5.41, 5.74) is 2.28. The minimum Gasteiger partial charge on any atom is -0.323 e. The van der Waals surface area contributed by atoms with Gasteiger partial charge in [0, 0.05) is 12.6 Å². The van der Waals surface area contributed by atoms with Crippen molar-refractivity contribution in [2.45, 2.75) is 19.8 Å². The maximum absolute atomic E-state index is 13.5. The second kappa shape index (κ2) is 7.27. The average molecular weight is 321 g/mol. The van der Waals surface area contributed by atoms with E-state index in [1.807, 2.05) is 6.92 Å². The van der Waals surface area contributed by atoms with Crippen molar-refractivity contribution >= 4 is 27.6 Å². The van der Waals surface area contributed by atoms with Crippen LogP contribution in [-0.2, 0) is 0 Å². The Hall–Kier alpha value is -1.21. The van der Waals surface area contributed by atoms with Gasteiger partial charge >= 0.3 is 0 Å². The van der Waals surface area contributed by atoms with Crippen LogP contribution in [0.5, 0.6) is 0 Å². The van der Waals surface area contributed by atoms with Crippen LogP contribution in [0.1, 0.15) is 19.8 Å². The monoisotopic (exact) mass is 320 g/mol. The largest absolute Gasteiger partial charge is 0.323 e. The maximum atomic E-state index is 13.5. The van der Waals surface area contributed by atoms with E-state index in [1.54, 1.807) is 0 Å². The second-order valence-electron chi connectivity index (χ2n) is 3.60. The summed E-state index contributed by atoms with van der Waals surface area (Å²) in [6.07, 6.45) is 1.88. The first kappa shape index (κ1) is 14.8. The molecule has 0 saturated heterocycles. The van der Waals surface area contributed by atoms with Crippen molar-refractivity contribution in [2.75, 3.05) is 11.9 Å². The predicted molar refractivity (Wildman–Crippen MR) is 72.2 cm³/mol. The number of aliphatic imine (C=N–C) groups is 1. The van der Waals surface area contributed by atoms with Gasteiger partial charge in [0.15, 0.2) is 0 Å². The number of rotatable bonds is 4. The Morgan fingerprint density at radius 1 is 1.39 bits per heavy atom. The Morgan fingerprint density at radius 3 is 2.72 bits per heavy atom. The average Bonchev–Trinajstić information content (AvgIpc) is 2.34. The standard InChI is InChI=1S/C11H15BrF2N4/c1-2-3-4-16-11(18-15)17-10-6-8(13)7(12)5-9(10)14/h5-6H,2-4,15H2,1H3,(H2,16,17,18). The molecule has 100 valence electrons. The van der Waals surface area contributed by atoms with E-state index in [0.29, 0.717) is 6.54 Å². The molecule has 0 aliphatic heterocycles. The van der Waals surface area contributed by atoms with E-state index in [-0.39, 0.29) is 16.1 Å². The molecule has 18 heavy (non-hydrogen) atoms. The van der Waals surface area contributed by atoms with Crippen molar-refractivity contribution < 1.29 is 8.78 Å². The molecular formula is C11H15BrF2N4. The molecule has 0 saturated carbocycles. The lowest BCUT2D eigenvalue weighted by atomic mass is 10.3. The second-order valence-corrected chi connectivity index (χ2v) is 4.45. The van der Waals surface area contributed by atoms with Gasteiger partial charge in [-0.05, 0) is 28.4 Å². The number of benzene rings is 1. The first-order valence-electron chi connectivity index (χ1n) is 5.51. The Bertz CT molecular complexity index is 437. The van der Waals surface area contributed by atoms with Gasteiger partial charge in [0.05, 0.1) is 10.2 Å². The molecule has 4 N–H and O–H groups in total. The van der Waals surface area contributed by atoms with Gasteiger partial charge in [0.1, 0.15) is 11.6 Å². The number of hydrogen-bond acceptors (Lipinski definition) is 2. The zero-order chi connectivity index (χ0) is 13.5. The fourth-order valence-electron chi connectivity index (χ4n) is 1.22. The summed E-state index contributed by atoms with van der Waals surface area (Å²) in [7, 11) is 0. The van der Waals surface area contributed by atoms with E-state index in [9.17, 15) is 8.78 Å². The Kier molecular flexibility index (Phi) is 6.00. The lowest BCUT2D eigenvalue weighted by molar-refractivity contribution is 0.598. The third-order valence-corrected chi connectivity index (χ3v) is 2.79. The van der Waals surface area contributed by atoms with Crippen LogP contribution in [-0.4, -0.2) is 12.5 Å². The fraction of sp³-hybridized carbons (Fsp3) is 0.364. The Labute approximate surface area is 113 Å². The van der Waals surface area contributed by atoms with E-state index < -0.39 is 11.6 Å². The van der Waals surface area contributed by atoms with Crippen LogP contribution in [0, 0.1) is 11.6 Å². The quantitative estimate of drug-likeness (QED) is 0.200. The van der Waals surface area contributed by atoms with Crippen molar-refractivity contribution in [3.8, 4) is 0 Å². The highest BCUT2D eigenvalue weighted by Gasteiger charge is 2.09. The molecule has 1 aromatic rings. The van der Waals surface area contributed by atoms with Gasteiger partial charge in [-0.25, -0.2) is 14.6 Å². The van der Waals surface area contributed by atoms with Gasteiger partial charge in [-0.15, -0.1) is 0 Å². The summed E-state index contributed by atoms with van der Waals surface area (Å²) in [5, 5.41) is 2.60. The number of nitrogens with one attached hydrogen (secondary N) is 2. The molecule has 4 nitrogen and oxygen atoms in total. The summed E-state index contributed by atoms with van der Waals surface area (Å²) in [5.74, 6) is 4.29. The number of anilines is 1. The van der Waals surface area contributed by atoms with Crippen LogP contribution in [0.4, 0.5) is 14.5 Å². The molecule has 0 amide bonds. The van der Waals surface area contributed by atoms with Gasteiger partial charge in [-0.1, -0.05) is 13.3 Å². The van der Waals surface area contributed by atoms with Crippen LogP contribution in [0.15, 0.2) is 21.6 Å². The van der Waals surface area contributed by atoms with E-state index in [0.717, 1.165) is 25.0 Å². The first-order chi connectivity index (χ1) is 8.58. The van der Waals surface area contributed by atoms with Crippen molar-refractivity contribution in [3.63, 3.8) is 0 Å². The van der Waals surface area contributed by atoms with E-state index >= 15 is 0 Å². The van der Waals surface area contributed by atoms with Crippen molar-refractivity contribution in [2.24, 2.45) is 10.8 Å². The summed E-state index contributed by atoms with van der Waals surface area (Å²) < 4.78 is 26.9. The number of nitrogens with zero attached hydrogens (tertiary/aromatic N) is 1. The molecule has 0 bridgehead atoms. The van der Waals surface area contributed by atoms with E-state index in [1.165, 1.54) is 0 Å². The van der Waals surface area contributed by atoms with Gasteiger partial charge in [-0.2, -0.15) is 0 Å². The van der Waals surface area contributed by atoms with E-state index in [4.69, 9.17) is 5.84 Å². The molecular weight excluding hydrogens is 306 g/mol. The summed E-state index contributed by atoms with van der Waals surface area (Å²) >= 11 is 2.90. The number of hydrazine groups is 1. The van der Waals surface area contributed by atoms with Crippen molar-refractivity contribution in [1.29, 1.82) is 0 Å². The fourth-order valence-corrected chi connectivity index (χ4v) is 1.53. The topological polar surface area (TPSA) is 62.4 Å². The van der Waals surface area contributed by atoms with Crippen LogP contribution in [0.3, 0.4) is 0 Å². The Balaban J connectivity index is 2.81. The van der Waals surface area contributed by atoms with Gasteiger partial charge in [0.2, 0.25) is 5.96 Å². The van der Waals surface area contributed by atoms with Crippen LogP contribution < -0.4 is 16.6 Å². The molecule has 0 spiro atoms. The zero-order valence-electron chi connectivity index (χ0n) is 9.93. The molecule has 0 unspecified atom stereocenters. The maximum Gasteiger partial charge on any atom is 0.210 e. The molecule has 1 rings (SSSR count). The number of nitrogens with two attached hydrogens (primary N) is 1. The van der Waals surface area contributed by atoms with Crippen LogP contribution in [0.2, 0.25) is 0 Å². The predicted octanol–water partition coefficient (Wildman–Crippen LogP) is 2.76. The lowest BCUT2D eigenvalue weighted by Gasteiger charge is -2.10. The molecule has 0 heterocycles. The van der Waals surface area contributed by atoms with E-state index in [2.05, 4.69) is 31.7 Å². The number of halogens is 3. The number of hydrogen-bond donors (Lipinski definition) is 3.